The van der Waals surface area contributed by atoms with E-state index in [0.717, 1.165) is 5.56 Å². The van der Waals surface area contributed by atoms with Gasteiger partial charge in [0.05, 0.1) is 19.8 Å². The number of carbonyl (C=O) groups is 2. The zero-order chi connectivity index (χ0) is 15.9. The first-order valence-electron chi connectivity index (χ1n) is 6.63. The number of methoxy groups -OCH3 is 2. The van der Waals surface area contributed by atoms with Crippen LogP contribution in [-0.2, 0) is 16.1 Å². The Morgan fingerprint density at radius 2 is 1.55 bits per heavy atom. The molecule has 0 fully saturated rings. The van der Waals surface area contributed by atoms with E-state index in [1.165, 1.54) is 20.3 Å². The molecule has 5 nitrogen and oxygen atoms in total. The summed E-state index contributed by atoms with van der Waals surface area (Å²) in [5.41, 5.74) is 1.12. The predicted octanol–water partition coefficient (Wildman–Crippen LogP) is 2.84. The quantitative estimate of drug-likeness (QED) is 0.795. The molecule has 0 aromatic heterocycles. The zero-order valence-corrected chi connectivity index (χ0v) is 12.4. The van der Waals surface area contributed by atoms with Crippen LogP contribution in [-0.4, -0.2) is 26.2 Å². The van der Waals surface area contributed by atoms with Crippen LogP contribution in [0, 0.1) is 0 Å². The van der Waals surface area contributed by atoms with Gasteiger partial charge in [-0.1, -0.05) is 36.4 Å². The SMILES string of the molecule is COC(=O)c1cccc(OCc2ccccc2)c1C(=O)OC. The molecule has 0 bridgehead atoms. The third kappa shape index (κ3) is 3.44. The molecule has 5 heteroatoms. The van der Waals surface area contributed by atoms with Gasteiger partial charge in [0.15, 0.2) is 0 Å². The molecule has 2 aromatic rings. The lowest BCUT2D eigenvalue weighted by Gasteiger charge is -2.13. The van der Waals surface area contributed by atoms with Gasteiger partial charge in [-0.25, -0.2) is 9.59 Å². The summed E-state index contributed by atoms with van der Waals surface area (Å²) in [6, 6.07) is 14.2. The van der Waals surface area contributed by atoms with E-state index < -0.39 is 11.9 Å². The summed E-state index contributed by atoms with van der Waals surface area (Å²) in [5.74, 6) is -0.992. The number of rotatable bonds is 5. The van der Waals surface area contributed by atoms with Gasteiger partial charge in [-0.05, 0) is 17.7 Å². The van der Waals surface area contributed by atoms with Gasteiger partial charge in [-0.2, -0.15) is 0 Å². The van der Waals surface area contributed by atoms with Gasteiger partial charge >= 0.3 is 11.9 Å². The molecule has 0 aliphatic carbocycles. The van der Waals surface area contributed by atoms with Gasteiger partial charge < -0.3 is 14.2 Å². The highest BCUT2D eigenvalue weighted by Gasteiger charge is 2.23. The van der Waals surface area contributed by atoms with Crippen LogP contribution in [0.25, 0.3) is 0 Å². The van der Waals surface area contributed by atoms with Crippen LogP contribution in [0.2, 0.25) is 0 Å². The van der Waals surface area contributed by atoms with Crippen molar-refractivity contribution in [3.63, 3.8) is 0 Å². The van der Waals surface area contributed by atoms with E-state index in [9.17, 15) is 9.59 Å². The van der Waals surface area contributed by atoms with Crippen molar-refractivity contribution in [2.24, 2.45) is 0 Å². The Labute approximate surface area is 128 Å². The number of carbonyl (C=O) groups excluding carboxylic acids is 2. The average molecular weight is 300 g/mol. The molecular weight excluding hydrogens is 284 g/mol. The molecule has 0 heterocycles. The second-order valence-electron chi connectivity index (χ2n) is 4.44. The largest absolute Gasteiger partial charge is 0.488 e. The Morgan fingerprint density at radius 3 is 2.18 bits per heavy atom. The summed E-state index contributed by atoms with van der Waals surface area (Å²) >= 11 is 0. The van der Waals surface area contributed by atoms with Crippen LogP contribution in [0.1, 0.15) is 26.3 Å². The highest BCUT2D eigenvalue weighted by atomic mass is 16.5. The zero-order valence-electron chi connectivity index (χ0n) is 12.4. The van der Waals surface area contributed by atoms with Crippen molar-refractivity contribution in [1.82, 2.24) is 0 Å². The molecule has 0 spiro atoms. The summed E-state index contributed by atoms with van der Waals surface area (Å²) in [6.07, 6.45) is 0. The molecule has 0 atom stereocenters. The van der Waals surface area contributed by atoms with E-state index in [0.29, 0.717) is 0 Å². The topological polar surface area (TPSA) is 61.8 Å². The number of hydrogen-bond acceptors (Lipinski definition) is 5. The lowest BCUT2D eigenvalue weighted by atomic mass is 10.1. The molecule has 0 unspecified atom stereocenters. The third-order valence-corrected chi connectivity index (χ3v) is 3.06. The Morgan fingerprint density at radius 1 is 0.864 bits per heavy atom. The van der Waals surface area contributed by atoms with Crippen molar-refractivity contribution < 1.29 is 23.8 Å². The molecule has 0 saturated carbocycles. The summed E-state index contributed by atoms with van der Waals surface area (Å²) in [7, 11) is 2.50. The summed E-state index contributed by atoms with van der Waals surface area (Å²) in [5, 5.41) is 0. The van der Waals surface area contributed by atoms with Gasteiger partial charge in [-0.15, -0.1) is 0 Å². The average Bonchev–Trinajstić information content (AvgIpc) is 2.59. The van der Waals surface area contributed by atoms with Gasteiger partial charge in [0.1, 0.15) is 17.9 Å². The van der Waals surface area contributed by atoms with Crippen LogP contribution in [0.3, 0.4) is 0 Å². The number of hydrogen-bond donors (Lipinski definition) is 0. The van der Waals surface area contributed by atoms with Gasteiger partial charge in [0.25, 0.3) is 0 Å². The third-order valence-electron chi connectivity index (χ3n) is 3.06. The molecule has 114 valence electrons. The highest BCUT2D eigenvalue weighted by Crippen LogP contribution is 2.25. The highest BCUT2D eigenvalue weighted by molar-refractivity contribution is 6.05. The van der Waals surface area contributed by atoms with Crippen molar-refractivity contribution >= 4 is 11.9 Å². The first-order chi connectivity index (χ1) is 10.7. The molecule has 0 amide bonds. The Balaban J connectivity index is 2.33. The molecular formula is C17H16O5. The van der Waals surface area contributed by atoms with Crippen molar-refractivity contribution in [1.29, 1.82) is 0 Å². The molecule has 2 aromatic carbocycles. The lowest BCUT2D eigenvalue weighted by Crippen LogP contribution is -2.14. The maximum atomic E-state index is 12.0. The van der Waals surface area contributed by atoms with E-state index in [1.54, 1.807) is 12.1 Å². The maximum absolute atomic E-state index is 12.0. The van der Waals surface area contributed by atoms with Gasteiger partial charge in [0.2, 0.25) is 0 Å². The monoisotopic (exact) mass is 300 g/mol. The Bertz CT molecular complexity index is 664. The van der Waals surface area contributed by atoms with Crippen LogP contribution >= 0.6 is 0 Å². The molecule has 0 saturated heterocycles. The lowest BCUT2D eigenvalue weighted by molar-refractivity contribution is 0.0550. The second-order valence-corrected chi connectivity index (χ2v) is 4.44. The van der Waals surface area contributed by atoms with Crippen molar-refractivity contribution in [3.05, 3.63) is 65.2 Å². The van der Waals surface area contributed by atoms with Gasteiger partial charge in [0, 0.05) is 0 Å². The van der Waals surface area contributed by atoms with Crippen LogP contribution < -0.4 is 4.74 Å². The fourth-order valence-electron chi connectivity index (χ4n) is 1.98. The van der Waals surface area contributed by atoms with Crippen LogP contribution in [0.15, 0.2) is 48.5 Å². The first-order valence-corrected chi connectivity index (χ1v) is 6.63. The summed E-state index contributed by atoms with van der Waals surface area (Å²) in [4.78, 5) is 23.8. The minimum Gasteiger partial charge on any atom is -0.488 e. The number of ether oxygens (including phenoxy) is 3. The maximum Gasteiger partial charge on any atom is 0.342 e. The molecule has 22 heavy (non-hydrogen) atoms. The van der Waals surface area contributed by atoms with Crippen LogP contribution in [0.5, 0.6) is 5.75 Å². The first kappa shape index (κ1) is 15.6. The smallest absolute Gasteiger partial charge is 0.342 e. The molecule has 2 rings (SSSR count). The van der Waals surface area contributed by atoms with E-state index in [-0.39, 0.29) is 23.5 Å². The molecule has 0 aliphatic rings. The molecule has 0 radical (unpaired) electrons. The number of esters is 2. The minimum atomic E-state index is -0.649. The van der Waals surface area contributed by atoms with Crippen LogP contribution in [0.4, 0.5) is 0 Å². The van der Waals surface area contributed by atoms with E-state index in [2.05, 4.69) is 4.74 Å². The Kier molecular flexibility index (Phi) is 5.14. The van der Waals surface area contributed by atoms with Crippen molar-refractivity contribution in [2.75, 3.05) is 14.2 Å². The fraction of sp³-hybridized carbons (Fsp3) is 0.176. The summed E-state index contributed by atoms with van der Waals surface area (Å²) < 4.78 is 15.1. The predicted molar refractivity (Wildman–Crippen MR) is 79.9 cm³/mol. The molecule has 0 aliphatic heterocycles. The minimum absolute atomic E-state index is 0.0628. The summed E-state index contributed by atoms with van der Waals surface area (Å²) in [6.45, 7) is 0.273. The Hall–Kier alpha value is -2.82. The van der Waals surface area contributed by atoms with Gasteiger partial charge in [-0.3, -0.25) is 0 Å². The van der Waals surface area contributed by atoms with E-state index >= 15 is 0 Å². The van der Waals surface area contributed by atoms with Crippen molar-refractivity contribution in [3.8, 4) is 5.75 Å². The fourth-order valence-corrected chi connectivity index (χ4v) is 1.98. The molecule has 0 N–H and O–H groups in total. The second kappa shape index (κ2) is 7.26. The van der Waals surface area contributed by atoms with Crippen molar-refractivity contribution in [2.45, 2.75) is 6.61 Å². The standard InChI is InChI=1S/C17H16O5/c1-20-16(18)13-9-6-10-14(15(13)17(19)21-2)22-11-12-7-4-3-5-8-12/h3-10H,11H2,1-2H3. The van der Waals surface area contributed by atoms with E-state index in [4.69, 9.17) is 9.47 Å². The van der Waals surface area contributed by atoms with E-state index in [1.807, 2.05) is 30.3 Å². The normalized spacial score (nSPS) is 9.91. The number of benzene rings is 2.